The summed E-state index contributed by atoms with van der Waals surface area (Å²) in [6.45, 7) is 2.85. The molecule has 74 valence electrons. The monoisotopic (exact) mass is 210 g/mol. The lowest BCUT2D eigenvalue weighted by Gasteiger charge is -2.13. The molecule has 1 aromatic heterocycles. The van der Waals surface area contributed by atoms with Crippen LogP contribution in [0.4, 0.5) is 10.2 Å². The van der Waals surface area contributed by atoms with Gasteiger partial charge in [-0.15, -0.1) is 0 Å². The molecule has 0 aliphatic heterocycles. The zero-order chi connectivity index (χ0) is 10.1. The van der Waals surface area contributed by atoms with Crippen LogP contribution in [0, 0.1) is 5.82 Å². The quantitative estimate of drug-likeness (QED) is 0.757. The smallest absolute Gasteiger partial charge is 0.152 e. The van der Waals surface area contributed by atoms with Gasteiger partial charge >= 0.3 is 0 Å². The minimum absolute atomic E-state index is 0.188. The van der Waals surface area contributed by atoms with E-state index in [1.165, 1.54) is 17.6 Å². The van der Waals surface area contributed by atoms with Crippen molar-refractivity contribution in [3.05, 3.63) is 24.0 Å². The van der Waals surface area contributed by atoms with E-state index >= 15 is 0 Å². The first-order chi connectivity index (χ1) is 6.74. The maximum atomic E-state index is 13.5. The first-order valence-corrected chi connectivity index (χ1v) is 5.26. The van der Waals surface area contributed by atoms with Gasteiger partial charge in [0.15, 0.2) is 5.82 Å². The summed E-state index contributed by atoms with van der Waals surface area (Å²) in [5.41, 5.74) is 0. The molecular formula is C10H11FN2S. The van der Waals surface area contributed by atoms with Crippen LogP contribution >= 0.6 is 11.5 Å². The van der Waals surface area contributed by atoms with Gasteiger partial charge in [0, 0.05) is 13.6 Å². The van der Waals surface area contributed by atoms with E-state index in [9.17, 15) is 4.39 Å². The lowest BCUT2D eigenvalue weighted by Crippen LogP contribution is -2.16. The van der Waals surface area contributed by atoms with Crippen molar-refractivity contribution in [3.63, 3.8) is 0 Å². The highest BCUT2D eigenvalue weighted by Gasteiger charge is 2.12. The molecule has 1 heterocycles. The summed E-state index contributed by atoms with van der Waals surface area (Å²) in [6, 6.07) is 5.08. The summed E-state index contributed by atoms with van der Waals surface area (Å²) in [7, 11) is 1.92. The minimum Gasteiger partial charge on any atom is -0.359 e. The molecule has 0 atom stereocenters. The van der Waals surface area contributed by atoms with Crippen LogP contribution in [-0.4, -0.2) is 18.0 Å². The standard InChI is InChI=1S/C10H11FN2S/c1-3-13(2)10-9-7(11)5-4-6-8(9)14-12-10/h4-6H,3H2,1-2H3. The van der Waals surface area contributed by atoms with E-state index in [-0.39, 0.29) is 5.82 Å². The molecule has 2 aromatic rings. The van der Waals surface area contributed by atoms with E-state index in [1.807, 2.05) is 24.9 Å². The van der Waals surface area contributed by atoms with Crippen molar-refractivity contribution >= 4 is 27.4 Å². The van der Waals surface area contributed by atoms with Crippen molar-refractivity contribution in [2.45, 2.75) is 6.92 Å². The van der Waals surface area contributed by atoms with E-state index in [0.29, 0.717) is 5.39 Å². The van der Waals surface area contributed by atoms with Gasteiger partial charge in [-0.1, -0.05) is 6.07 Å². The number of rotatable bonds is 2. The average Bonchev–Trinajstić information content (AvgIpc) is 2.62. The largest absolute Gasteiger partial charge is 0.359 e. The molecule has 0 bridgehead atoms. The molecule has 0 N–H and O–H groups in total. The molecule has 2 nitrogen and oxygen atoms in total. The molecule has 0 radical (unpaired) electrons. The number of hydrogen-bond acceptors (Lipinski definition) is 3. The summed E-state index contributed by atoms with van der Waals surface area (Å²) in [6.07, 6.45) is 0. The maximum Gasteiger partial charge on any atom is 0.152 e. The molecule has 0 amide bonds. The molecule has 0 spiro atoms. The maximum absolute atomic E-state index is 13.5. The number of nitrogens with zero attached hydrogens (tertiary/aromatic N) is 2. The Bertz CT molecular complexity index is 452. The topological polar surface area (TPSA) is 16.1 Å². The van der Waals surface area contributed by atoms with Crippen molar-refractivity contribution in [2.75, 3.05) is 18.5 Å². The highest BCUT2D eigenvalue weighted by Crippen LogP contribution is 2.30. The van der Waals surface area contributed by atoms with Crippen LogP contribution in [0.5, 0.6) is 0 Å². The second kappa shape index (κ2) is 3.53. The summed E-state index contributed by atoms with van der Waals surface area (Å²) < 4.78 is 18.7. The summed E-state index contributed by atoms with van der Waals surface area (Å²) in [4.78, 5) is 1.95. The van der Waals surface area contributed by atoms with Crippen molar-refractivity contribution in [3.8, 4) is 0 Å². The van der Waals surface area contributed by atoms with Crippen LogP contribution in [0.2, 0.25) is 0 Å². The molecule has 0 unspecified atom stereocenters. The predicted octanol–water partition coefficient (Wildman–Crippen LogP) is 2.89. The average molecular weight is 210 g/mol. The third-order valence-corrected chi connectivity index (χ3v) is 3.07. The Balaban J connectivity index is 2.67. The highest BCUT2D eigenvalue weighted by molar-refractivity contribution is 7.13. The molecule has 14 heavy (non-hydrogen) atoms. The van der Waals surface area contributed by atoms with Crippen LogP contribution in [0.15, 0.2) is 18.2 Å². The second-order valence-electron chi connectivity index (χ2n) is 3.13. The fourth-order valence-corrected chi connectivity index (χ4v) is 2.18. The Morgan fingerprint density at radius 1 is 1.50 bits per heavy atom. The second-order valence-corrected chi connectivity index (χ2v) is 3.94. The van der Waals surface area contributed by atoms with Crippen molar-refractivity contribution in [1.29, 1.82) is 0 Å². The summed E-state index contributed by atoms with van der Waals surface area (Å²) >= 11 is 1.34. The molecule has 4 heteroatoms. The van der Waals surface area contributed by atoms with Crippen LogP contribution in [0.3, 0.4) is 0 Å². The van der Waals surface area contributed by atoms with Gasteiger partial charge in [-0.25, -0.2) is 4.39 Å². The normalized spacial score (nSPS) is 10.8. The fourth-order valence-electron chi connectivity index (χ4n) is 1.35. The van der Waals surface area contributed by atoms with Gasteiger partial charge < -0.3 is 4.90 Å². The SMILES string of the molecule is CCN(C)c1nsc2cccc(F)c12. The number of benzene rings is 1. The highest BCUT2D eigenvalue weighted by atomic mass is 32.1. The first-order valence-electron chi connectivity index (χ1n) is 4.49. The van der Waals surface area contributed by atoms with Crippen LogP contribution < -0.4 is 4.90 Å². The first kappa shape index (κ1) is 9.40. The van der Waals surface area contributed by atoms with Gasteiger partial charge in [-0.2, -0.15) is 4.37 Å². The lowest BCUT2D eigenvalue weighted by molar-refractivity contribution is 0.639. The van der Waals surface area contributed by atoms with Gasteiger partial charge in [-0.3, -0.25) is 0 Å². The van der Waals surface area contributed by atoms with Gasteiger partial charge in [0.2, 0.25) is 0 Å². The Labute approximate surface area is 86.1 Å². The van der Waals surface area contributed by atoms with Gasteiger partial charge in [0.25, 0.3) is 0 Å². The molecular weight excluding hydrogens is 199 g/mol. The molecule has 0 aliphatic carbocycles. The zero-order valence-corrected chi connectivity index (χ0v) is 8.94. The molecule has 0 saturated heterocycles. The molecule has 0 saturated carbocycles. The number of hydrogen-bond donors (Lipinski definition) is 0. The van der Waals surface area contributed by atoms with E-state index < -0.39 is 0 Å². The lowest BCUT2D eigenvalue weighted by atomic mass is 10.2. The van der Waals surface area contributed by atoms with Crippen molar-refractivity contribution < 1.29 is 4.39 Å². The predicted molar refractivity (Wildman–Crippen MR) is 58.5 cm³/mol. The number of aromatic nitrogens is 1. The number of anilines is 1. The van der Waals surface area contributed by atoms with E-state index in [2.05, 4.69) is 4.37 Å². The van der Waals surface area contributed by atoms with Crippen LogP contribution in [-0.2, 0) is 0 Å². The Morgan fingerprint density at radius 2 is 2.29 bits per heavy atom. The van der Waals surface area contributed by atoms with Gasteiger partial charge in [-0.05, 0) is 30.6 Å². The third-order valence-electron chi connectivity index (χ3n) is 2.27. The van der Waals surface area contributed by atoms with Crippen molar-refractivity contribution in [2.24, 2.45) is 0 Å². The molecule has 0 aliphatic rings. The molecule has 0 fully saturated rings. The zero-order valence-electron chi connectivity index (χ0n) is 8.12. The van der Waals surface area contributed by atoms with Crippen molar-refractivity contribution in [1.82, 2.24) is 4.37 Å². The van der Waals surface area contributed by atoms with E-state index in [4.69, 9.17) is 0 Å². The fraction of sp³-hybridized carbons (Fsp3) is 0.300. The Morgan fingerprint density at radius 3 is 3.00 bits per heavy atom. The Hall–Kier alpha value is -1.16. The van der Waals surface area contributed by atoms with Gasteiger partial charge in [0.05, 0.1) is 10.1 Å². The molecule has 2 rings (SSSR count). The van der Waals surface area contributed by atoms with Crippen LogP contribution in [0.1, 0.15) is 6.92 Å². The summed E-state index contributed by atoms with van der Waals surface area (Å²) in [5.74, 6) is 0.553. The van der Waals surface area contributed by atoms with Crippen LogP contribution in [0.25, 0.3) is 10.1 Å². The summed E-state index contributed by atoms with van der Waals surface area (Å²) in [5, 5.41) is 0.641. The minimum atomic E-state index is -0.188. The number of halogens is 1. The van der Waals surface area contributed by atoms with E-state index in [0.717, 1.165) is 17.1 Å². The molecule has 1 aromatic carbocycles. The number of fused-ring (bicyclic) bond motifs is 1. The van der Waals surface area contributed by atoms with E-state index in [1.54, 1.807) is 6.07 Å². The Kier molecular flexibility index (Phi) is 2.37. The van der Waals surface area contributed by atoms with Gasteiger partial charge in [0.1, 0.15) is 5.82 Å². The third kappa shape index (κ3) is 1.35.